The number of hydrogen-bond acceptors (Lipinski definition) is 2. The Labute approximate surface area is 98.3 Å². The first kappa shape index (κ1) is 12.6. The number of nitriles is 1. The number of anilines is 1. The highest BCUT2D eigenvalue weighted by atomic mass is 14.9. The van der Waals surface area contributed by atoms with Crippen LogP contribution < -0.4 is 5.32 Å². The molecular formula is C14H20N2. The summed E-state index contributed by atoms with van der Waals surface area (Å²) in [5.41, 5.74) is 2.79. The molecule has 0 heterocycles. The van der Waals surface area contributed by atoms with Gasteiger partial charge in [0.05, 0.1) is 11.3 Å². The fourth-order valence-corrected chi connectivity index (χ4v) is 1.88. The van der Waals surface area contributed by atoms with Crippen molar-refractivity contribution < 1.29 is 0 Å². The molecule has 0 aliphatic carbocycles. The number of rotatable bonds is 5. The molecule has 0 saturated heterocycles. The summed E-state index contributed by atoms with van der Waals surface area (Å²) < 4.78 is 0. The Kier molecular flexibility index (Phi) is 4.85. The van der Waals surface area contributed by atoms with Gasteiger partial charge in [-0.3, -0.25) is 0 Å². The molecule has 0 aliphatic heterocycles. The van der Waals surface area contributed by atoms with Gasteiger partial charge in [-0.25, -0.2) is 0 Å². The van der Waals surface area contributed by atoms with Crippen molar-refractivity contribution in [2.75, 3.05) is 5.32 Å². The predicted molar refractivity (Wildman–Crippen MR) is 68.5 cm³/mol. The van der Waals surface area contributed by atoms with Crippen molar-refractivity contribution >= 4 is 5.69 Å². The SMILES string of the molecule is CCCC(CC)Nc1cccc(C)c1C#N. The standard InChI is InChI=1S/C14H20N2/c1-4-7-12(5-2)16-14-9-6-8-11(3)13(14)10-15/h6,8-9,12,16H,4-5,7H2,1-3H3. The first-order valence-corrected chi connectivity index (χ1v) is 5.99. The van der Waals surface area contributed by atoms with Crippen molar-refractivity contribution in [3.05, 3.63) is 29.3 Å². The normalized spacial score (nSPS) is 11.9. The molecule has 2 nitrogen and oxygen atoms in total. The molecule has 1 atom stereocenters. The summed E-state index contributed by atoms with van der Waals surface area (Å²) in [6.07, 6.45) is 3.40. The third-order valence-electron chi connectivity index (χ3n) is 2.87. The van der Waals surface area contributed by atoms with Crippen LogP contribution in [0.2, 0.25) is 0 Å². The lowest BCUT2D eigenvalue weighted by molar-refractivity contribution is 0.622. The topological polar surface area (TPSA) is 35.8 Å². The molecule has 16 heavy (non-hydrogen) atoms. The molecule has 1 N–H and O–H groups in total. The Morgan fingerprint density at radius 1 is 1.38 bits per heavy atom. The molecule has 0 bridgehead atoms. The molecular weight excluding hydrogens is 196 g/mol. The van der Waals surface area contributed by atoms with E-state index in [0.717, 1.165) is 29.7 Å². The smallest absolute Gasteiger partial charge is 0.102 e. The number of nitrogens with one attached hydrogen (secondary N) is 1. The van der Waals surface area contributed by atoms with E-state index in [9.17, 15) is 0 Å². The highest BCUT2D eigenvalue weighted by molar-refractivity contribution is 5.61. The van der Waals surface area contributed by atoms with Gasteiger partial charge in [0.15, 0.2) is 0 Å². The molecule has 1 aromatic rings. The van der Waals surface area contributed by atoms with Crippen molar-refractivity contribution in [3.8, 4) is 6.07 Å². The molecule has 2 heteroatoms. The van der Waals surface area contributed by atoms with Crippen LogP contribution in [0.4, 0.5) is 5.69 Å². The summed E-state index contributed by atoms with van der Waals surface area (Å²) in [6.45, 7) is 6.34. The minimum atomic E-state index is 0.471. The minimum Gasteiger partial charge on any atom is -0.381 e. The van der Waals surface area contributed by atoms with Gasteiger partial charge in [-0.15, -0.1) is 0 Å². The van der Waals surface area contributed by atoms with Crippen molar-refractivity contribution in [1.82, 2.24) is 0 Å². The summed E-state index contributed by atoms with van der Waals surface area (Å²) >= 11 is 0. The number of nitrogens with zero attached hydrogens (tertiary/aromatic N) is 1. The Bertz CT molecular complexity index is 377. The molecule has 86 valence electrons. The van der Waals surface area contributed by atoms with Crippen LogP contribution >= 0.6 is 0 Å². The monoisotopic (exact) mass is 216 g/mol. The Morgan fingerprint density at radius 3 is 2.69 bits per heavy atom. The van der Waals surface area contributed by atoms with Crippen LogP contribution in [0, 0.1) is 18.3 Å². The zero-order valence-corrected chi connectivity index (χ0v) is 10.4. The van der Waals surface area contributed by atoms with E-state index in [1.165, 1.54) is 6.42 Å². The van der Waals surface area contributed by atoms with Gasteiger partial charge in [0.25, 0.3) is 0 Å². The second kappa shape index (κ2) is 6.17. The maximum absolute atomic E-state index is 9.12. The van der Waals surface area contributed by atoms with E-state index in [-0.39, 0.29) is 0 Å². The zero-order chi connectivity index (χ0) is 12.0. The van der Waals surface area contributed by atoms with Crippen LogP contribution in [-0.4, -0.2) is 6.04 Å². The van der Waals surface area contributed by atoms with E-state index in [1.807, 2.05) is 25.1 Å². The highest BCUT2D eigenvalue weighted by Crippen LogP contribution is 2.20. The van der Waals surface area contributed by atoms with Crippen molar-refractivity contribution in [1.29, 1.82) is 5.26 Å². The van der Waals surface area contributed by atoms with E-state index in [4.69, 9.17) is 5.26 Å². The van der Waals surface area contributed by atoms with Gasteiger partial charge in [0.1, 0.15) is 6.07 Å². The Morgan fingerprint density at radius 2 is 2.12 bits per heavy atom. The fourth-order valence-electron chi connectivity index (χ4n) is 1.88. The van der Waals surface area contributed by atoms with Crippen molar-refractivity contribution in [2.45, 2.75) is 46.1 Å². The van der Waals surface area contributed by atoms with Gasteiger partial charge >= 0.3 is 0 Å². The van der Waals surface area contributed by atoms with E-state index >= 15 is 0 Å². The molecule has 0 radical (unpaired) electrons. The van der Waals surface area contributed by atoms with Gasteiger partial charge in [-0.05, 0) is 31.4 Å². The van der Waals surface area contributed by atoms with Gasteiger partial charge in [0.2, 0.25) is 0 Å². The van der Waals surface area contributed by atoms with Crippen LogP contribution in [0.5, 0.6) is 0 Å². The van der Waals surface area contributed by atoms with Crippen molar-refractivity contribution in [3.63, 3.8) is 0 Å². The maximum Gasteiger partial charge on any atom is 0.102 e. The molecule has 1 aromatic carbocycles. The van der Waals surface area contributed by atoms with Crippen LogP contribution in [0.15, 0.2) is 18.2 Å². The van der Waals surface area contributed by atoms with Crippen LogP contribution in [0.25, 0.3) is 0 Å². The second-order valence-electron chi connectivity index (χ2n) is 4.15. The lowest BCUT2D eigenvalue weighted by Crippen LogP contribution is -2.18. The predicted octanol–water partition coefficient (Wildman–Crippen LogP) is 3.86. The lowest BCUT2D eigenvalue weighted by atomic mass is 10.0. The molecule has 0 saturated carbocycles. The van der Waals surface area contributed by atoms with Gasteiger partial charge in [-0.2, -0.15) is 5.26 Å². The van der Waals surface area contributed by atoms with E-state index in [0.29, 0.717) is 6.04 Å². The number of benzene rings is 1. The summed E-state index contributed by atoms with van der Waals surface area (Å²) in [5.74, 6) is 0. The van der Waals surface area contributed by atoms with Crippen LogP contribution in [0.3, 0.4) is 0 Å². The van der Waals surface area contributed by atoms with Crippen LogP contribution in [0.1, 0.15) is 44.2 Å². The fraction of sp³-hybridized carbons (Fsp3) is 0.500. The molecule has 0 spiro atoms. The molecule has 0 aromatic heterocycles. The molecule has 0 aliphatic rings. The molecule has 0 amide bonds. The summed E-state index contributed by atoms with van der Waals surface area (Å²) in [6, 6.07) is 8.71. The quantitative estimate of drug-likeness (QED) is 0.811. The van der Waals surface area contributed by atoms with Crippen molar-refractivity contribution in [2.24, 2.45) is 0 Å². The highest BCUT2D eigenvalue weighted by Gasteiger charge is 2.09. The maximum atomic E-state index is 9.12. The summed E-state index contributed by atoms with van der Waals surface area (Å²) in [7, 11) is 0. The first-order valence-electron chi connectivity index (χ1n) is 5.99. The third-order valence-corrected chi connectivity index (χ3v) is 2.87. The second-order valence-corrected chi connectivity index (χ2v) is 4.15. The number of hydrogen-bond donors (Lipinski definition) is 1. The molecule has 1 unspecified atom stereocenters. The number of aryl methyl sites for hydroxylation is 1. The van der Waals surface area contributed by atoms with Gasteiger partial charge in [0, 0.05) is 6.04 Å². The molecule has 1 rings (SSSR count). The van der Waals surface area contributed by atoms with E-state index < -0.39 is 0 Å². The summed E-state index contributed by atoms with van der Waals surface area (Å²) in [4.78, 5) is 0. The van der Waals surface area contributed by atoms with E-state index in [2.05, 4.69) is 25.2 Å². The minimum absolute atomic E-state index is 0.471. The first-order chi connectivity index (χ1) is 7.72. The Hall–Kier alpha value is -1.49. The van der Waals surface area contributed by atoms with Gasteiger partial charge < -0.3 is 5.32 Å². The average molecular weight is 216 g/mol. The average Bonchev–Trinajstić information content (AvgIpc) is 2.28. The van der Waals surface area contributed by atoms with E-state index in [1.54, 1.807) is 0 Å². The summed E-state index contributed by atoms with van der Waals surface area (Å²) in [5, 5.41) is 12.6. The van der Waals surface area contributed by atoms with Crippen LogP contribution in [-0.2, 0) is 0 Å². The largest absolute Gasteiger partial charge is 0.381 e. The lowest BCUT2D eigenvalue weighted by Gasteiger charge is -2.18. The Balaban J connectivity index is 2.88. The zero-order valence-electron chi connectivity index (χ0n) is 10.4. The third kappa shape index (κ3) is 3.00. The van der Waals surface area contributed by atoms with Gasteiger partial charge in [-0.1, -0.05) is 32.4 Å². The molecule has 0 fully saturated rings.